The van der Waals surface area contributed by atoms with Crippen molar-refractivity contribution >= 4 is 0 Å². The van der Waals surface area contributed by atoms with E-state index < -0.39 is 0 Å². The molecule has 0 radical (unpaired) electrons. The third-order valence-electron chi connectivity index (χ3n) is 3.54. The molecule has 0 atom stereocenters. The van der Waals surface area contributed by atoms with Gasteiger partial charge in [0.1, 0.15) is 0 Å². The first-order valence-electron chi connectivity index (χ1n) is 5.50. The van der Waals surface area contributed by atoms with Crippen molar-refractivity contribution in [2.45, 2.75) is 32.6 Å². The molecular formula is C11H20O2. The van der Waals surface area contributed by atoms with Gasteiger partial charge in [-0.1, -0.05) is 0 Å². The van der Waals surface area contributed by atoms with Crippen LogP contribution in [0.15, 0.2) is 0 Å². The van der Waals surface area contributed by atoms with Gasteiger partial charge in [0.25, 0.3) is 0 Å². The highest BCUT2D eigenvalue weighted by molar-refractivity contribution is 4.90. The average molecular weight is 184 g/mol. The Morgan fingerprint density at radius 1 is 1.31 bits per heavy atom. The third kappa shape index (κ3) is 2.05. The number of ether oxygens (including phenoxy) is 2. The number of hydrogen-bond donors (Lipinski definition) is 0. The van der Waals surface area contributed by atoms with Gasteiger partial charge in [-0.05, 0) is 38.5 Å². The predicted octanol–water partition coefficient (Wildman–Crippen LogP) is 2.23. The predicted molar refractivity (Wildman–Crippen MR) is 51.7 cm³/mol. The second kappa shape index (κ2) is 3.97. The minimum absolute atomic E-state index is 0.600. The zero-order chi connectivity index (χ0) is 9.15. The fourth-order valence-corrected chi connectivity index (χ4v) is 2.42. The maximum atomic E-state index is 5.46. The molecule has 0 aromatic heterocycles. The summed E-state index contributed by atoms with van der Waals surface area (Å²) in [6, 6.07) is 0. The molecule has 1 saturated carbocycles. The van der Waals surface area contributed by atoms with E-state index in [1.54, 1.807) is 0 Å². The van der Waals surface area contributed by atoms with Gasteiger partial charge >= 0.3 is 0 Å². The Bertz CT molecular complexity index is 153. The minimum atomic E-state index is 0.600. The summed E-state index contributed by atoms with van der Waals surface area (Å²) in [6.45, 7) is 5.96. The van der Waals surface area contributed by atoms with Gasteiger partial charge in [-0.15, -0.1) is 0 Å². The lowest BCUT2D eigenvalue weighted by Crippen LogP contribution is -2.45. The molecule has 2 aliphatic rings. The summed E-state index contributed by atoms with van der Waals surface area (Å²) in [4.78, 5) is 0. The molecule has 13 heavy (non-hydrogen) atoms. The van der Waals surface area contributed by atoms with Crippen molar-refractivity contribution in [1.82, 2.24) is 0 Å². The van der Waals surface area contributed by atoms with Crippen molar-refractivity contribution < 1.29 is 9.47 Å². The summed E-state index contributed by atoms with van der Waals surface area (Å²) >= 11 is 0. The standard InChI is InChI=1S/C11H20O2/c1-2-12-7-10-3-5-11(6-4-10)8-13-9-11/h10H,2-9H2,1H3. The Labute approximate surface area is 80.6 Å². The normalized spacial score (nSPS) is 27.5. The summed E-state index contributed by atoms with van der Waals surface area (Å²) in [5, 5.41) is 0. The topological polar surface area (TPSA) is 18.5 Å². The van der Waals surface area contributed by atoms with Crippen LogP contribution in [-0.4, -0.2) is 26.4 Å². The summed E-state index contributed by atoms with van der Waals surface area (Å²) in [5.41, 5.74) is 0.600. The van der Waals surface area contributed by atoms with Gasteiger partial charge in [-0.2, -0.15) is 0 Å². The van der Waals surface area contributed by atoms with Gasteiger partial charge in [0, 0.05) is 18.6 Å². The molecule has 0 bridgehead atoms. The number of hydrogen-bond acceptors (Lipinski definition) is 2. The van der Waals surface area contributed by atoms with Gasteiger partial charge in [-0.3, -0.25) is 0 Å². The molecule has 0 aromatic rings. The van der Waals surface area contributed by atoms with Gasteiger partial charge in [0.05, 0.1) is 13.2 Å². The first-order chi connectivity index (χ1) is 6.35. The molecule has 0 aromatic carbocycles. The van der Waals surface area contributed by atoms with Crippen LogP contribution in [0.3, 0.4) is 0 Å². The largest absolute Gasteiger partial charge is 0.381 e. The van der Waals surface area contributed by atoms with Crippen LogP contribution >= 0.6 is 0 Å². The maximum Gasteiger partial charge on any atom is 0.0544 e. The molecular weight excluding hydrogens is 164 g/mol. The summed E-state index contributed by atoms with van der Waals surface area (Å²) in [6.07, 6.45) is 5.43. The van der Waals surface area contributed by atoms with E-state index in [1.165, 1.54) is 25.7 Å². The molecule has 1 saturated heterocycles. The smallest absolute Gasteiger partial charge is 0.0544 e. The van der Waals surface area contributed by atoms with Crippen LogP contribution in [-0.2, 0) is 9.47 Å². The molecule has 2 heteroatoms. The van der Waals surface area contributed by atoms with Gasteiger partial charge in [-0.25, -0.2) is 0 Å². The Balaban J connectivity index is 1.70. The van der Waals surface area contributed by atoms with Crippen LogP contribution in [0.25, 0.3) is 0 Å². The van der Waals surface area contributed by atoms with Crippen LogP contribution in [0, 0.1) is 11.3 Å². The van der Waals surface area contributed by atoms with E-state index in [4.69, 9.17) is 9.47 Å². The van der Waals surface area contributed by atoms with E-state index in [2.05, 4.69) is 6.92 Å². The monoisotopic (exact) mass is 184 g/mol. The third-order valence-corrected chi connectivity index (χ3v) is 3.54. The van der Waals surface area contributed by atoms with E-state index in [0.717, 1.165) is 32.3 Å². The van der Waals surface area contributed by atoms with Crippen molar-refractivity contribution in [2.24, 2.45) is 11.3 Å². The lowest BCUT2D eigenvalue weighted by Gasteiger charge is -2.46. The molecule has 2 fully saturated rings. The van der Waals surface area contributed by atoms with E-state index in [9.17, 15) is 0 Å². The highest BCUT2D eigenvalue weighted by Gasteiger charge is 2.41. The zero-order valence-corrected chi connectivity index (χ0v) is 8.55. The zero-order valence-electron chi connectivity index (χ0n) is 8.55. The van der Waals surface area contributed by atoms with Crippen molar-refractivity contribution in [2.75, 3.05) is 26.4 Å². The Kier molecular flexibility index (Phi) is 2.89. The lowest BCUT2D eigenvalue weighted by molar-refractivity contribution is -0.139. The molecule has 1 aliphatic heterocycles. The second-order valence-electron chi connectivity index (χ2n) is 4.60. The summed E-state index contributed by atoms with van der Waals surface area (Å²) in [5.74, 6) is 0.825. The molecule has 1 heterocycles. The van der Waals surface area contributed by atoms with Gasteiger partial charge < -0.3 is 9.47 Å². The molecule has 1 aliphatic carbocycles. The maximum absolute atomic E-state index is 5.46. The van der Waals surface area contributed by atoms with Crippen LogP contribution in [0.1, 0.15) is 32.6 Å². The van der Waals surface area contributed by atoms with Crippen molar-refractivity contribution in [3.63, 3.8) is 0 Å². The highest BCUT2D eigenvalue weighted by atomic mass is 16.5. The minimum Gasteiger partial charge on any atom is -0.381 e. The van der Waals surface area contributed by atoms with Crippen molar-refractivity contribution in [3.8, 4) is 0 Å². The molecule has 0 amide bonds. The van der Waals surface area contributed by atoms with Gasteiger partial charge in [0.2, 0.25) is 0 Å². The van der Waals surface area contributed by atoms with Gasteiger partial charge in [0.15, 0.2) is 0 Å². The molecule has 76 valence electrons. The van der Waals surface area contributed by atoms with Crippen molar-refractivity contribution in [1.29, 1.82) is 0 Å². The average Bonchev–Trinajstić information content (AvgIpc) is 2.13. The van der Waals surface area contributed by atoms with Crippen LogP contribution < -0.4 is 0 Å². The first kappa shape index (κ1) is 9.47. The SMILES string of the molecule is CCOCC1CCC2(CC1)COC2. The van der Waals surface area contributed by atoms with Crippen LogP contribution in [0.5, 0.6) is 0 Å². The fourth-order valence-electron chi connectivity index (χ4n) is 2.42. The molecule has 0 N–H and O–H groups in total. The summed E-state index contributed by atoms with van der Waals surface area (Å²) in [7, 11) is 0. The Morgan fingerprint density at radius 2 is 2.00 bits per heavy atom. The van der Waals surface area contributed by atoms with E-state index >= 15 is 0 Å². The Morgan fingerprint density at radius 3 is 2.46 bits per heavy atom. The summed E-state index contributed by atoms with van der Waals surface area (Å²) < 4.78 is 10.8. The van der Waals surface area contributed by atoms with E-state index in [1.807, 2.05) is 0 Å². The Hall–Kier alpha value is -0.0800. The van der Waals surface area contributed by atoms with Crippen LogP contribution in [0.2, 0.25) is 0 Å². The molecule has 2 nitrogen and oxygen atoms in total. The first-order valence-corrected chi connectivity index (χ1v) is 5.50. The molecule has 2 rings (SSSR count). The molecule has 1 spiro atoms. The van der Waals surface area contributed by atoms with Crippen LogP contribution in [0.4, 0.5) is 0 Å². The van der Waals surface area contributed by atoms with E-state index in [-0.39, 0.29) is 0 Å². The fraction of sp³-hybridized carbons (Fsp3) is 1.00. The van der Waals surface area contributed by atoms with Crippen molar-refractivity contribution in [3.05, 3.63) is 0 Å². The van der Waals surface area contributed by atoms with E-state index in [0.29, 0.717) is 5.41 Å². The quantitative estimate of drug-likeness (QED) is 0.669. The molecule has 0 unspecified atom stereocenters. The number of rotatable bonds is 3. The lowest BCUT2D eigenvalue weighted by atomic mass is 9.69. The highest BCUT2D eigenvalue weighted by Crippen LogP contribution is 2.44. The second-order valence-corrected chi connectivity index (χ2v) is 4.60.